The molecule has 0 aliphatic carbocycles. The van der Waals surface area contributed by atoms with Gasteiger partial charge in [-0.2, -0.15) is 0 Å². The molecule has 5 heteroatoms. The second kappa shape index (κ2) is 5.48. The van der Waals surface area contributed by atoms with Gasteiger partial charge in [0, 0.05) is 12.6 Å². The number of anilines is 1. The Hall–Kier alpha value is -0.840. The van der Waals surface area contributed by atoms with E-state index in [0.717, 1.165) is 6.54 Å². The first-order valence-corrected chi connectivity index (χ1v) is 6.22. The van der Waals surface area contributed by atoms with Gasteiger partial charge in [0.05, 0.1) is 6.33 Å². The lowest BCUT2D eigenvalue weighted by Crippen LogP contribution is -2.36. The van der Waals surface area contributed by atoms with Crippen molar-refractivity contribution >= 4 is 21.7 Å². The van der Waals surface area contributed by atoms with E-state index in [2.05, 4.69) is 58.5 Å². The summed E-state index contributed by atoms with van der Waals surface area (Å²) in [4.78, 5) is 20.4. The minimum absolute atomic E-state index is 0.139. The molecule has 0 atom stereocenters. The van der Waals surface area contributed by atoms with Crippen LogP contribution in [-0.4, -0.2) is 22.6 Å². The highest BCUT2D eigenvalue weighted by molar-refractivity contribution is 9.10. The lowest BCUT2D eigenvalue weighted by atomic mass is 10.2. The van der Waals surface area contributed by atoms with Crippen LogP contribution in [0, 0.1) is 5.92 Å². The van der Waals surface area contributed by atoms with Crippen molar-refractivity contribution in [3.05, 3.63) is 21.2 Å². The highest BCUT2D eigenvalue weighted by Crippen LogP contribution is 2.22. The van der Waals surface area contributed by atoms with Crippen molar-refractivity contribution in [3.63, 3.8) is 0 Å². The van der Waals surface area contributed by atoms with Crippen molar-refractivity contribution in [2.24, 2.45) is 5.92 Å². The smallest absolute Gasteiger partial charge is 0.267 e. The zero-order valence-corrected chi connectivity index (χ0v) is 11.7. The summed E-state index contributed by atoms with van der Waals surface area (Å²) in [6.07, 6.45) is 1.44. The van der Waals surface area contributed by atoms with Crippen molar-refractivity contribution in [2.75, 3.05) is 11.4 Å². The maximum Gasteiger partial charge on any atom is 0.267 e. The van der Waals surface area contributed by atoms with Gasteiger partial charge in [0.25, 0.3) is 5.56 Å². The molecule has 0 saturated heterocycles. The van der Waals surface area contributed by atoms with Crippen LogP contribution in [0.3, 0.4) is 0 Å². The van der Waals surface area contributed by atoms with Gasteiger partial charge < -0.3 is 9.88 Å². The Morgan fingerprint density at radius 3 is 2.56 bits per heavy atom. The third kappa shape index (κ3) is 3.07. The van der Waals surface area contributed by atoms with Crippen LogP contribution < -0.4 is 10.5 Å². The average molecular weight is 288 g/mol. The number of nitrogens with zero attached hydrogens (tertiary/aromatic N) is 2. The maximum absolute atomic E-state index is 11.5. The molecule has 0 aromatic carbocycles. The van der Waals surface area contributed by atoms with Crippen LogP contribution in [0.25, 0.3) is 0 Å². The minimum Gasteiger partial charge on any atom is -0.353 e. The highest BCUT2D eigenvalue weighted by atomic mass is 79.9. The molecule has 16 heavy (non-hydrogen) atoms. The van der Waals surface area contributed by atoms with Gasteiger partial charge >= 0.3 is 0 Å². The van der Waals surface area contributed by atoms with Crippen molar-refractivity contribution in [3.8, 4) is 0 Å². The molecule has 1 rings (SSSR count). The fourth-order valence-corrected chi connectivity index (χ4v) is 1.95. The monoisotopic (exact) mass is 287 g/mol. The van der Waals surface area contributed by atoms with Crippen LogP contribution in [0.5, 0.6) is 0 Å². The number of aromatic nitrogens is 2. The third-order valence-electron chi connectivity index (χ3n) is 2.24. The summed E-state index contributed by atoms with van der Waals surface area (Å²) in [6, 6.07) is 0.313. The summed E-state index contributed by atoms with van der Waals surface area (Å²) in [7, 11) is 0. The molecular formula is C11H18BrN3O. The Bertz CT molecular complexity index is 400. The third-order valence-corrected chi connectivity index (χ3v) is 2.95. The maximum atomic E-state index is 11.5. The number of hydrogen-bond acceptors (Lipinski definition) is 3. The Labute approximate surface area is 104 Å². The lowest BCUT2D eigenvalue weighted by molar-refractivity contribution is 0.564. The number of halogens is 1. The van der Waals surface area contributed by atoms with Crippen molar-refractivity contribution in [1.29, 1.82) is 0 Å². The summed E-state index contributed by atoms with van der Waals surface area (Å²) in [5.41, 5.74) is -0.139. The minimum atomic E-state index is -0.139. The molecule has 0 aliphatic heterocycles. The molecule has 1 aromatic heterocycles. The zero-order valence-electron chi connectivity index (χ0n) is 10.1. The highest BCUT2D eigenvalue weighted by Gasteiger charge is 2.17. The van der Waals surface area contributed by atoms with E-state index in [0.29, 0.717) is 22.3 Å². The molecule has 0 bridgehead atoms. The summed E-state index contributed by atoms with van der Waals surface area (Å²) in [5.74, 6) is 1.24. The number of H-pyrrole nitrogens is 1. The van der Waals surface area contributed by atoms with Gasteiger partial charge in [0.15, 0.2) is 5.82 Å². The molecule has 0 aliphatic rings. The standard InChI is InChI=1S/C11H18BrN3O/c1-7(2)5-15(8(3)4)10-9(12)11(16)14-6-13-10/h6-8H,5H2,1-4H3,(H,13,14,16). The van der Waals surface area contributed by atoms with Gasteiger partial charge in [-0.3, -0.25) is 4.79 Å². The SMILES string of the molecule is CC(C)CN(c1nc[nH]c(=O)c1Br)C(C)C. The predicted octanol–water partition coefficient (Wildman–Crippen LogP) is 2.40. The summed E-state index contributed by atoms with van der Waals surface area (Å²) >= 11 is 3.29. The Balaban J connectivity index is 3.11. The Morgan fingerprint density at radius 2 is 2.06 bits per heavy atom. The molecule has 0 spiro atoms. The van der Waals surface area contributed by atoms with Gasteiger partial charge in [-0.25, -0.2) is 4.98 Å². The van der Waals surface area contributed by atoms with Crippen LogP contribution in [0.2, 0.25) is 0 Å². The van der Waals surface area contributed by atoms with Crippen molar-refractivity contribution in [1.82, 2.24) is 9.97 Å². The molecule has 1 aromatic rings. The van der Waals surface area contributed by atoms with Crippen LogP contribution in [-0.2, 0) is 0 Å². The van der Waals surface area contributed by atoms with E-state index < -0.39 is 0 Å². The van der Waals surface area contributed by atoms with Gasteiger partial charge in [-0.1, -0.05) is 13.8 Å². The van der Waals surface area contributed by atoms with Crippen LogP contribution in [0.15, 0.2) is 15.6 Å². The van der Waals surface area contributed by atoms with E-state index >= 15 is 0 Å². The molecule has 1 heterocycles. The van der Waals surface area contributed by atoms with Crippen LogP contribution in [0.4, 0.5) is 5.82 Å². The van der Waals surface area contributed by atoms with E-state index in [1.165, 1.54) is 6.33 Å². The second-order valence-electron chi connectivity index (χ2n) is 4.51. The molecule has 0 fully saturated rings. The summed E-state index contributed by atoms with van der Waals surface area (Å²) < 4.78 is 0.504. The van der Waals surface area contributed by atoms with Crippen LogP contribution in [0.1, 0.15) is 27.7 Å². The Morgan fingerprint density at radius 1 is 1.44 bits per heavy atom. The zero-order chi connectivity index (χ0) is 12.3. The number of aromatic amines is 1. The fraction of sp³-hybridized carbons (Fsp3) is 0.636. The molecule has 1 N–H and O–H groups in total. The molecule has 4 nitrogen and oxygen atoms in total. The number of hydrogen-bond donors (Lipinski definition) is 1. The van der Waals surface area contributed by atoms with E-state index in [-0.39, 0.29) is 5.56 Å². The quantitative estimate of drug-likeness (QED) is 0.925. The molecule has 90 valence electrons. The average Bonchev–Trinajstić information content (AvgIpc) is 2.18. The van der Waals surface area contributed by atoms with E-state index in [9.17, 15) is 4.79 Å². The number of rotatable bonds is 4. The lowest BCUT2D eigenvalue weighted by Gasteiger charge is -2.29. The van der Waals surface area contributed by atoms with E-state index in [4.69, 9.17) is 0 Å². The van der Waals surface area contributed by atoms with E-state index in [1.807, 2.05) is 0 Å². The molecular weight excluding hydrogens is 270 g/mol. The second-order valence-corrected chi connectivity index (χ2v) is 5.30. The first-order valence-electron chi connectivity index (χ1n) is 5.43. The molecule has 0 radical (unpaired) electrons. The molecule has 0 amide bonds. The van der Waals surface area contributed by atoms with Crippen molar-refractivity contribution < 1.29 is 0 Å². The van der Waals surface area contributed by atoms with E-state index in [1.54, 1.807) is 0 Å². The Kier molecular flexibility index (Phi) is 4.53. The topological polar surface area (TPSA) is 49.0 Å². The van der Waals surface area contributed by atoms with Gasteiger partial charge in [-0.15, -0.1) is 0 Å². The summed E-state index contributed by atoms with van der Waals surface area (Å²) in [6.45, 7) is 9.37. The van der Waals surface area contributed by atoms with Crippen LogP contribution >= 0.6 is 15.9 Å². The normalized spacial score (nSPS) is 11.2. The first-order chi connectivity index (χ1) is 7.43. The number of nitrogens with one attached hydrogen (secondary N) is 1. The molecule has 0 saturated carbocycles. The fourth-order valence-electron chi connectivity index (χ4n) is 1.51. The van der Waals surface area contributed by atoms with Gasteiger partial charge in [-0.05, 0) is 35.7 Å². The summed E-state index contributed by atoms with van der Waals surface area (Å²) in [5, 5.41) is 0. The first kappa shape index (κ1) is 13.2. The predicted molar refractivity (Wildman–Crippen MR) is 69.9 cm³/mol. The van der Waals surface area contributed by atoms with Gasteiger partial charge in [0.2, 0.25) is 0 Å². The van der Waals surface area contributed by atoms with Crippen molar-refractivity contribution in [2.45, 2.75) is 33.7 Å². The largest absolute Gasteiger partial charge is 0.353 e. The molecule has 0 unspecified atom stereocenters. The van der Waals surface area contributed by atoms with Gasteiger partial charge in [0.1, 0.15) is 4.47 Å².